The topological polar surface area (TPSA) is 49.1 Å². The molecular weight excluding hydrogens is 424 g/mol. The third-order valence-electron chi connectivity index (χ3n) is 5.75. The Balaban J connectivity index is 1.48. The Morgan fingerprint density at radius 1 is 0.935 bits per heavy atom. The Labute approximate surface area is 174 Å². The maximum Gasteiger partial charge on any atom is 0.417 e. The largest absolute Gasteiger partial charge is 0.489 e. The first-order valence-corrected chi connectivity index (χ1v) is 9.66. The number of halogens is 6. The summed E-state index contributed by atoms with van der Waals surface area (Å²) in [4.78, 5) is 5.99. The summed E-state index contributed by atoms with van der Waals surface area (Å²) in [6.07, 6.45) is -5.81. The Morgan fingerprint density at radius 3 is 2.06 bits per heavy atom. The highest BCUT2D eigenvalue weighted by atomic mass is 19.4. The van der Waals surface area contributed by atoms with Crippen molar-refractivity contribution in [2.45, 2.75) is 56.2 Å². The summed E-state index contributed by atoms with van der Waals surface area (Å²) in [7, 11) is 0. The molecule has 31 heavy (non-hydrogen) atoms. The number of fused-ring (bicyclic) bond motifs is 2. The van der Waals surface area contributed by atoms with Crippen molar-refractivity contribution in [3.05, 3.63) is 53.2 Å². The maximum absolute atomic E-state index is 12.9. The summed E-state index contributed by atoms with van der Waals surface area (Å²) in [5, 5.41) is 9.23. The molecule has 2 saturated heterocycles. The van der Waals surface area contributed by atoms with Crippen LogP contribution < -0.4 is 9.64 Å². The van der Waals surface area contributed by atoms with E-state index in [0.29, 0.717) is 18.7 Å². The van der Waals surface area contributed by atoms with Crippen LogP contribution in [0.25, 0.3) is 0 Å². The first-order valence-electron chi connectivity index (χ1n) is 9.66. The summed E-state index contributed by atoms with van der Waals surface area (Å²) in [6.45, 7) is 0. The fourth-order valence-electron chi connectivity index (χ4n) is 4.38. The number of pyridine rings is 1. The quantitative estimate of drug-likeness (QED) is 0.585. The average Bonchev–Trinajstić information content (AvgIpc) is 2.97. The van der Waals surface area contributed by atoms with Gasteiger partial charge in [-0.15, -0.1) is 0 Å². The van der Waals surface area contributed by atoms with Crippen LogP contribution in [0.1, 0.15) is 42.4 Å². The average molecular weight is 441 g/mol. The van der Waals surface area contributed by atoms with E-state index in [-0.39, 0.29) is 29.5 Å². The Bertz CT molecular complexity index is 982. The fourth-order valence-corrected chi connectivity index (χ4v) is 4.38. The van der Waals surface area contributed by atoms with Gasteiger partial charge < -0.3 is 9.64 Å². The molecule has 2 aromatic rings. The normalized spacial score (nSPS) is 23.5. The van der Waals surface area contributed by atoms with Gasteiger partial charge in [0, 0.05) is 31.1 Å². The summed E-state index contributed by atoms with van der Waals surface area (Å²) >= 11 is 0. The number of nitriles is 1. The molecule has 0 N–H and O–H groups in total. The molecule has 0 amide bonds. The third kappa shape index (κ3) is 4.27. The van der Waals surface area contributed by atoms with Crippen LogP contribution in [0.3, 0.4) is 0 Å². The number of piperidine rings is 1. The summed E-state index contributed by atoms with van der Waals surface area (Å²) in [5.41, 5.74) is -1.91. The second-order valence-corrected chi connectivity index (χ2v) is 7.73. The molecule has 4 nitrogen and oxygen atoms in total. The third-order valence-corrected chi connectivity index (χ3v) is 5.75. The van der Waals surface area contributed by atoms with E-state index < -0.39 is 23.5 Å². The standard InChI is InChI=1S/C21H17F6N3O/c22-20(23,24)13-1-5-18(12(7-13)10-28)31-17-8-15-3-4-16(9-17)30(15)19-6-2-14(11-29-19)21(25,26)27/h1-2,5-7,11,15-17H,3-4,8-9H2. The summed E-state index contributed by atoms with van der Waals surface area (Å²) in [5.74, 6) is 0.562. The van der Waals surface area contributed by atoms with Crippen LogP contribution in [0, 0.1) is 11.3 Å². The number of alkyl halides is 6. The molecule has 1 aromatic carbocycles. The van der Waals surface area contributed by atoms with Crippen LogP contribution in [0.15, 0.2) is 36.5 Å². The minimum Gasteiger partial charge on any atom is -0.489 e. The van der Waals surface area contributed by atoms with Gasteiger partial charge in [-0.1, -0.05) is 0 Å². The van der Waals surface area contributed by atoms with Gasteiger partial charge in [-0.25, -0.2) is 4.98 Å². The molecule has 4 rings (SSSR count). The molecular formula is C21H17F6N3O. The predicted octanol–water partition coefficient (Wildman–Crippen LogP) is 5.57. The van der Waals surface area contributed by atoms with E-state index >= 15 is 0 Å². The molecule has 2 atom stereocenters. The van der Waals surface area contributed by atoms with Crippen LogP contribution in [-0.2, 0) is 12.4 Å². The number of nitrogens with zero attached hydrogens (tertiary/aromatic N) is 3. The van der Waals surface area contributed by atoms with Crippen molar-refractivity contribution in [1.82, 2.24) is 4.98 Å². The van der Waals surface area contributed by atoms with E-state index in [9.17, 15) is 31.6 Å². The summed E-state index contributed by atoms with van der Waals surface area (Å²) in [6, 6.07) is 6.91. The molecule has 0 spiro atoms. The van der Waals surface area contributed by atoms with Gasteiger partial charge in [0.1, 0.15) is 23.7 Å². The maximum atomic E-state index is 12.9. The van der Waals surface area contributed by atoms with Crippen LogP contribution in [0.2, 0.25) is 0 Å². The van der Waals surface area contributed by atoms with Gasteiger partial charge in [-0.2, -0.15) is 31.6 Å². The summed E-state index contributed by atoms with van der Waals surface area (Å²) < 4.78 is 82.9. The zero-order valence-corrected chi connectivity index (χ0v) is 16.0. The van der Waals surface area contributed by atoms with Gasteiger partial charge in [0.25, 0.3) is 0 Å². The van der Waals surface area contributed by atoms with Gasteiger partial charge in [-0.3, -0.25) is 0 Å². The monoisotopic (exact) mass is 441 g/mol. The van der Waals surface area contributed by atoms with E-state index in [2.05, 4.69) is 4.98 Å². The van der Waals surface area contributed by atoms with Crippen molar-refractivity contribution in [1.29, 1.82) is 5.26 Å². The van der Waals surface area contributed by atoms with Crippen molar-refractivity contribution in [3.8, 4) is 11.8 Å². The van der Waals surface area contributed by atoms with Gasteiger partial charge >= 0.3 is 12.4 Å². The first kappa shape index (κ1) is 21.3. The highest BCUT2D eigenvalue weighted by molar-refractivity contribution is 5.47. The molecule has 0 saturated carbocycles. The van der Waals surface area contributed by atoms with Crippen molar-refractivity contribution in [3.63, 3.8) is 0 Å². The Morgan fingerprint density at radius 2 is 1.55 bits per heavy atom. The highest BCUT2D eigenvalue weighted by Crippen LogP contribution is 2.41. The van der Waals surface area contributed by atoms with Gasteiger partial charge in [0.2, 0.25) is 0 Å². The van der Waals surface area contributed by atoms with E-state index in [1.165, 1.54) is 6.07 Å². The Hall–Kier alpha value is -2.96. The van der Waals surface area contributed by atoms with E-state index in [0.717, 1.165) is 43.3 Å². The zero-order valence-electron chi connectivity index (χ0n) is 16.0. The molecule has 1 aromatic heterocycles. The molecule has 10 heteroatoms. The number of benzene rings is 1. The molecule has 2 bridgehead atoms. The lowest BCUT2D eigenvalue weighted by atomic mass is 9.99. The molecule has 2 aliphatic rings. The number of anilines is 1. The minimum absolute atomic E-state index is 0.00651. The SMILES string of the molecule is N#Cc1cc(C(F)(F)F)ccc1OC1CC2CCC(C1)N2c1ccc(C(F)(F)F)cn1. The van der Waals surface area contributed by atoms with Gasteiger partial charge in [0.05, 0.1) is 16.7 Å². The minimum atomic E-state index is -4.55. The van der Waals surface area contributed by atoms with E-state index in [4.69, 9.17) is 4.74 Å². The van der Waals surface area contributed by atoms with Crippen LogP contribution in [0.5, 0.6) is 5.75 Å². The molecule has 0 radical (unpaired) electrons. The lowest BCUT2D eigenvalue weighted by molar-refractivity contribution is -0.138. The number of ether oxygens (including phenoxy) is 1. The molecule has 164 valence electrons. The van der Waals surface area contributed by atoms with Gasteiger partial charge in [-0.05, 0) is 43.2 Å². The van der Waals surface area contributed by atoms with Crippen molar-refractivity contribution >= 4 is 5.82 Å². The molecule has 0 aliphatic carbocycles. The number of rotatable bonds is 3. The van der Waals surface area contributed by atoms with E-state index in [1.54, 1.807) is 6.07 Å². The Kier molecular flexibility index (Phi) is 5.23. The van der Waals surface area contributed by atoms with Crippen molar-refractivity contribution < 1.29 is 31.1 Å². The predicted molar refractivity (Wildman–Crippen MR) is 98.3 cm³/mol. The first-order chi connectivity index (χ1) is 14.6. The number of hydrogen-bond donors (Lipinski definition) is 0. The van der Waals surface area contributed by atoms with E-state index in [1.807, 2.05) is 4.90 Å². The molecule has 2 unspecified atom stereocenters. The van der Waals surface area contributed by atoms with Crippen LogP contribution in [0.4, 0.5) is 32.2 Å². The molecule has 2 aliphatic heterocycles. The lowest BCUT2D eigenvalue weighted by Crippen LogP contribution is -2.46. The molecule has 3 heterocycles. The molecule has 2 fully saturated rings. The zero-order chi connectivity index (χ0) is 22.4. The smallest absolute Gasteiger partial charge is 0.417 e. The van der Waals surface area contributed by atoms with Crippen LogP contribution >= 0.6 is 0 Å². The lowest BCUT2D eigenvalue weighted by Gasteiger charge is -2.39. The van der Waals surface area contributed by atoms with Crippen molar-refractivity contribution in [2.75, 3.05) is 4.90 Å². The second-order valence-electron chi connectivity index (χ2n) is 7.73. The van der Waals surface area contributed by atoms with Gasteiger partial charge in [0.15, 0.2) is 0 Å². The van der Waals surface area contributed by atoms with Crippen LogP contribution in [-0.4, -0.2) is 23.2 Å². The fraction of sp³-hybridized carbons (Fsp3) is 0.429. The number of aromatic nitrogens is 1. The number of hydrogen-bond acceptors (Lipinski definition) is 4. The highest BCUT2D eigenvalue weighted by Gasteiger charge is 2.43. The van der Waals surface area contributed by atoms with Crippen molar-refractivity contribution in [2.24, 2.45) is 0 Å². The second kappa shape index (κ2) is 7.62.